The number of carboxylic acid groups (broad SMARTS) is 1. The highest BCUT2D eigenvalue weighted by Gasteiger charge is 2.19. The van der Waals surface area contributed by atoms with E-state index in [0.717, 1.165) is 4.88 Å². The number of hydrogen-bond donors (Lipinski definition) is 2. The molecule has 2 aromatic heterocycles. The van der Waals surface area contributed by atoms with E-state index < -0.39 is 5.97 Å². The third-order valence-electron chi connectivity index (χ3n) is 3.59. The van der Waals surface area contributed by atoms with Gasteiger partial charge in [0.05, 0.1) is 22.8 Å². The van der Waals surface area contributed by atoms with Crippen molar-refractivity contribution >= 4 is 28.3 Å². The van der Waals surface area contributed by atoms with Crippen molar-refractivity contribution in [2.75, 3.05) is 5.32 Å². The zero-order valence-corrected chi connectivity index (χ0v) is 14.8. The topological polar surface area (TPSA) is 97.1 Å². The molecular weight excluding hydrogens is 352 g/mol. The maximum absolute atomic E-state index is 12.3. The molecule has 0 aliphatic carbocycles. The van der Waals surface area contributed by atoms with Crippen LogP contribution in [0.25, 0.3) is 10.6 Å². The molecule has 132 valence electrons. The third-order valence-corrected chi connectivity index (χ3v) is 4.68. The second-order valence-corrected chi connectivity index (χ2v) is 6.44. The molecule has 2 N–H and O–H groups in total. The number of carbonyl (C=O) groups is 2. The molecule has 0 unspecified atom stereocenters. The highest BCUT2D eigenvalue weighted by Crippen LogP contribution is 2.33. The number of amides is 1. The molecule has 0 spiro atoms. The van der Waals surface area contributed by atoms with E-state index in [1.807, 2.05) is 6.07 Å². The number of aromatic carboxylic acids is 1. The van der Waals surface area contributed by atoms with Gasteiger partial charge in [0, 0.05) is 5.56 Å². The number of carbonyl (C=O) groups excluding carboxylic acids is 1. The van der Waals surface area contributed by atoms with Crippen molar-refractivity contribution in [1.82, 2.24) is 14.8 Å². The maximum atomic E-state index is 12.3. The second kappa shape index (κ2) is 7.32. The highest BCUT2D eigenvalue weighted by atomic mass is 32.1. The summed E-state index contributed by atoms with van der Waals surface area (Å²) < 4.78 is 1.56. The number of nitrogens with one attached hydrogen (secondary N) is 1. The van der Waals surface area contributed by atoms with Gasteiger partial charge in [-0.15, -0.1) is 6.58 Å². The molecule has 0 fully saturated rings. The van der Waals surface area contributed by atoms with Crippen molar-refractivity contribution in [3.8, 4) is 10.6 Å². The molecule has 0 atom stereocenters. The molecular formula is C18H16N4O3S. The standard InChI is InChI=1S/C18H16N4O3S/c1-3-9-22-14(10-13(21-22)17(24)25)15-11(2)19-18(26-15)20-16(23)12-7-5-4-6-8-12/h3-8,10H,1,9H2,2H3,(H,24,25)(H,19,20,23). The van der Waals surface area contributed by atoms with E-state index in [2.05, 4.69) is 22.0 Å². The van der Waals surface area contributed by atoms with E-state index in [4.69, 9.17) is 0 Å². The first kappa shape index (κ1) is 17.6. The molecule has 26 heavy (non-hydrogen) atoms. The van der Waals surface area contributed by atoms with Gasteiger partial charge in [-0.1, -0.05) is 35.6 Å². The van der Waals surface area contributed by atoms with Gasteiger partial charge in [-0.25, -0.2) is 9.78 Å². The first-order valence-electron chi connectivity index (χ1n) is 7.76. The van der Waals surface area contributed by atoms with Crippen LogP contribution in [0.15, 0.2) is 49.1 Å². The van der Waals surface area contributed by atoms with Crippen molar-refractivity contribution in [2.24, 2.45) is 0 Å². The zero-order chi connectivity index (χ0) is 18.7. The molecule has 0 radical (unpaired) electrons. The third kappa shape index (κ3) is 3.55. The normalized spacial score (nSPS) is 10.5. The molecule has 1 aromatic carbocycles. The Labute approximate surface area is 153 Å². The number of aromatic nitrogens is 3. The molecule has 0 saturated carbocycles. The first-order chi connectivity index (χ1) is 12.5. The van der Waals surface area contributed by atoms with Crippen molar-refractivity contribution in [1.29, 1.82) is 0 Å². The van der Waals surface area contributed by atoms with Gasteiger partial charge in [0.1, 0.15) is 0 Å². The van der Waals surface area contributed by atoms with E-state index in [9.17, 15) is 14.7 Å². The van der Waals surface area contributed by atoms with Crippen LogP contribution in [-0.4, -0.2) is 31.7 Å². The summed E-state index contributed by atoms with van der Waals surface area (Å²) in [6, 6.07) is 10.3. The van der Waals surface area contributed by atoms with Crippen molar-refractivity contribution < 1.29 is 14.7 Å². The summed E-state index contributed by atoms with van der Waals surface area (Å²) in [7, 11) is 0. The van der Waals surface area contributed by atoms with E-state index in [-0.39, 0.29) is 11.6 Å². The lowest BCUT2D eigenvalue weighted by Crippen LogP contribution is -2.11. The second-order valence-electron chi connectivity index (χ2n) is 5.44. The summed E-state index contributed by atoms with van der Waals surface area (Å²) in [4.78, 5) is 28.6. The summed E-state index contributed by atoms with van der Waals surface area (Å²) in [5, 5.41) is 16.5. The van der Waals surface area contributed by atoms with Gasteiger partial charge < -0.3 is 5.11 Å². The Morgan fingerprint density at radius 2 is 2.08 bits per heavy atom. The van der Waals surface area contributed by atoms with E-state index in [1.54, 1.807) is 41.9 Å². The number of thiazole rings is 1. The van der Waals surface area contributed by atoms with E-state index in [1.165, 1.54) is 17.4 Å². The predicted octanol–water partition coefficient (Wildman–Crippen LogP) is 3.45. The average Bonchev–Trinajstić information content (AvgIpc) is 3.19. The Morgan fingerprint density at radius 1 is 1.35 bits per heavy atom. The van der Waals surface area contributed by atoms with Crippen LogP contribution in [0.5, 0.6) is 0 Å². The Hall–Kier alpha value is -3.26. The van der Waals surface area contributed by atoms with Crippen LogP contribution in [0.2, 0.25) is 0 Å². The minimum absolute atomic E-state index is 0.0514. The van der Waals surface area contributed by atoms with Gasteiger partial charge in [0.15, 0.2) is 10.8 Å². The molecule has 0 aliphatic rings. The number of carboxylic acids is 1. The molecule has 8 heteroatoms. The summed E-state index contributed by atoms with van der Waals surface area (Å²) >= 11 is 1.27. The molecule has 0 bridgehead atoms. The Morgan fingerprint density at radius 3 is 2.73 bits per heavy atom. The summed E-state index contributed by atoms with van der Waals surface area (Å²) in [6.45, 7) is 5.84. The smallest absolute Gasteiger partial charge is 0.356 e. The van der Waals surface area contributed by atoms with Crippen LogP contribution in [0.4, 0.5) is 5.13 Å². The lowest BCUT2D eigenvalue weighted by atomic mass is 10.2. The van der Waals surface area contributed by atoms with Crippen LogP contribution < -0.4 is 5.32 Å². The van der Waals surface area contributed by atoms with Crippen molar-refractivity contribution in [3.63, 3.8) is 0 Å². The lowest BCUT2D eigenvalue weighted by Gasteiger charge is -2.02. The van der Waals surface area contributed by atoms with E-state index in [0.29, 0.717) is 28.6 Å². The Bertz CT molecular complexity index is 976. The number of nitrogens with zero attached hydrogens (tertiary/aromatic N) is 3. The van der Waals surface area contributed by atoms with Gasteiger partial charge >= 0.3 is 5.97 Å². The van der Waals surface area contributed by atoms with E-state index >= 15 is 0 Å². The fourth-order valence-corrected chi connectivity index (χ4v) is 3.39. The SMILES string of the molecule is C=CCn1nc(C(=O)O)cc1-c1sc(NC(=O)c2ccccc2)nc1C. The number of rotatable bonds is 6. The van der Waals surface area contributed by atoms with Gasteiger partial charge in [-0.2, -0.15) is 5.10 Å². The zero-order valence-electron chi connectivity index (χ0n) is 14.0. The average molecular weight is 368 g/mol. The van der Waals surface area contributed by atoms with Gasteiger partial charge in [-0.3, -0.25) is 14.8 Å². The fourth-order valence-electron chi connectivity index (χ4n) is 2.41. The minimum atomic E-state index is -1.10. The van der Waals surface area contributed by atoms with Gasteiger partial charge in [-0.05, 0) is 25.1 Å². The number of allylic oxidation sites excluding steroid dienone is 1. The Balaban J connectivity index is 1.92. The Kier molecular flexibility index (Phi) is 4.94. The number of benzene rings is 1. The van der Waals surface area contributed by atoms with Crippen molar-refractivity contribution in [3.05, 3.63) is 66.0 Å². The summed E-state index contributed by atoms with van der Waals surface area (Å²) in [5.41, 5.74) is 1.79. The predicted molar refractivity (Wildman–Crippen MR) is 99.6 cm³/mol. The van der Waals surface area contributed by atoms with Gasteiger partial charge in [0.2, 0.25) is 0 Å². The number of aryl methyl sites for hydroxylation is 1. The molecule has 0 saturated heterocycles. The lowest BCUT2D eigenvalue weighted by molar-refractivity contribution is 0.0689. The van der Waals surface area contributed by atoms with Crippen molar-refractivity contribution in [2.45, 2.75) is 13.5 Å². The largest absolute Gasteiger partial charge is 0.476 e. The highest BCUT2D eigenvalue weighted by molar-refractivity contribution is 7.19. The summed E-state index contributed by atoms with van der Waals surface area (Å²) in [6.07, 6.45) is 1.64. The number of hydrogen-bond acceptors (Lipinski definition) is 5. The van der Waals surface area contributed by atoms with Crippen LogP contribution >= 0.6 is 11.3 Å². The van der Waals surface area contributed by atoms with Crippen LogP contribution in [-0.2, 0) is 6.54 Å². The molecule has 2 heterocycles. The molecule has 3 aromatic rings. The van der Waals surface area contributed by atoms with Crippen LogP contribution in [0.3, 0.4) is 0 Å². The summed E-state index contributed by atoms with van der Waals surface area (Å²) in [5.74, 6) is -1.36. The molecule has 1 amide bonds. The molecule has 0 aliphatic heterocycles. The molecule has 3 rings (SSSR count). The minimum Gasteiger partial charge on any atom is -0.476 e. The quantitative estimate of drug-likeness (QED) is 0.650. The fraction of sp³-hybridized carbons (Fsp3) is 0.111. The first-order valence-corrected chi connectivity index (χ1v) is 8.57. The van der Waals surface area contributed by atoms with Crippen LogP contribution in [0, 0.1) is 6.92 Å². The van der Waals surface area contributed by atoms with Crippen LogP contribution in [0.1, 0.15) is 26.5 Å². The van der Waals surface area contributed by atoms with Gasteiger partial charge in [0.25, 0.3) is 5.91 Å². The molecule has 7 nitrogen and oxygen atoms in total. The number of anilines is 1. The monoisotopic (exact) mass is 368 g/mol. The maximum Gasteiger partial charge on any atom is 0.356 e.